The van der Waals surface area contributed by atoms with Gasteiger partial charge in [0.1, 0.15) is 11.6 Å². The second-order valence-corrected chi connectivity index (χ2v) is 6.08. The number of nitriles is 1. The van der Waals surface area contributed by atoms with Gasteiger partial charge in [0.2, 0.25) is 0 Å². The minimum Gasteiger partial charge on any atom is -0.481 e. The standard InChI is InChI=1S/C16H23N3O3/c17-10-13(11-18-14-4-2-1-3-5-14)15(20)19-8-6-12(7-9-19)16(21)22/h11-12,14,18H,1-9H2,(H,21,22)/b13-11-. The van der Waals surface area contributed by atoms with Gasteiger partial charge in [0.15, 0.2) is 0 Å². The molecule has 0 aromatic rings. The third-order valence-corrected chi connectivity index (χ3v) is 4.55. The highest BCUT2D eigenvalue weighted by Crippen LogP contribution is 2.20. The summed E-state index contributed by atoms with van der Waals surface area (Å²) in [6.45, 7) is 0.802. The lowest BCUT2D eigenvalue weighted by atomic mass is 9.95. The number of carbonyl (C=O) groups excluding carboxylic acids is 1. The molecule has 1 heterocycles. The van der Waals surface area contributed by atoms with Crippen molar-refractivity contribution in [3.8, 4) is 6.07 Å². The first kappa shape index (κ1) is 16.3. The Morgan fingerprint density at radius 2 is 1.77 bits per heavy atom. The van der Waals surface area contributed by atoms with Crippen LogP contribution in [0.3, 0.4) is 0 Å². The molecule has 0 aromatic heterocycles. The third-order valence-electron chi connectivity index (χ3n) is 4.55. The topological polar surface area (TPSA) is 93.4 Å². The van der Waals surface area contributed by atoms with Crippen molar-refractivity contribution in [2.45, 2.75) is 51.0 Å². The van der Waals surface area contributed by atoms with Crippen LogP contribution in [0.1, 0.15) is 44.9 Å². The number of rotatable bonds is 4. The minimum atomic E-state index is -0.804. The number of carboxylic acid groups (broad SMARTS) is 1. The van der Waals surface area contributed by atoms with Gasteiger partial charge in [-0.3, -0.25) is 9.59 Å². The maximum absolute atomic E-state index is 12.3. The molecular formula is C16H23N3O3. The van der Waals surface area contributed by atoms with E-state index in [0.29, 0.717) is 32.0 Å². The second kappa shape index (κ2) is 7.83. The number of aliphatic carboxylic acids is 1. The van der Waals surface area contributed by atoms with Gasteiger partial charge in [-0.1, -0.05) is 19.3 Å². The Bertz CT molecular complexity index is 481. The zero-order valence-corrected chi connectivity index (χ0v) is 12.8. The maximum atomic E-state index is 12.3. The number of carbonyl (C=O) groups is 2. The van der Waals surface area contributed by atoms with Crippen LogP contribution in [0.4, 0.5) is 0 Å². The molecular weight excluding hydrogens is 282 g/mol. The van der Waals surface area contributed by atoms with Crippen molar-refractivity contribution in [1.29, 1.82) is 5.26 Å². The molecule has 6 nitrogen and oxygen atoms in total. The van der Waals surface area contributed by atoms with Crippen molar-refractivity contribution in [3.05, 3.63) is 11.8 Å². The monoisotopic (exact) mass is 305 g/mol. The number of nitrogens with zero attached hydrogens (tertiary/aromatic N) is 2. The molecule has 6 heteroatoms. The largest absolute Gasteiger partial charge is 0.481 e. The fraction of sp³-hybridized carbons (Fsp3) is 0.688. The molecule has 1 saturated heterocycles. The first-order valence-corrected chi connectivity index (χ1v) is 8.00. The van der Waals surface area contributed by atoms with Gasteiger partial charge in [-0.05, 0) is 25.7 Å². The Balaban J connectivity index is 1.89. The molecule has 0 spiro atoms. The molecule has 0 bridgehead atoms. The third kappa shape index (κ3) is 4.23. The van der Waals surface area contributed by atoms with Crippen molar-refractivity contribution in [3.63, 3.8) is 0 Å². The van der Waals surface area contributed by atoms with E-state index in [9.17, 15) is 14.9 Å². The molecule has 0 aromatic carbocycles. The van der Waals surface area contributed by atoms with Gasteiger partial charge >= 0.3 is 5.97 Å². The molecule has 1 aliphatic heterocycles. The Hall–Kier alpha value is -2.03. The van der Waals surface area contributed by atoms with Gasteiger partial charge in [-0.25, -0.2) is 0 Å². The highest BCUT2D eigenvalue weighted by molar-refractivity contribution is 5.97. The van der Waals surface area contributed by atoms with Crippen LogP contribution >= 0.6 is 0 Å². The average molecular weight is 305 g/mol. The number of amides is 1. The van der Waals surface area contributed by atoms with Crippen molar-refractivity contribution in [1.82, 2.24) is 10.2 Å². The number of hydrogen-bond acceptors (Lipinski definition) is 4. The molecule has 0 radical (unpaired) electrons. The average Bonchev–Trinajstić information content (AvgIpc) is 2.56. The first-order valence-electron chi connectivity index (χ1n) is 8.00. The first-order chi connectivity index (χ1) is 10.6. The lowest BCUT2D eigenvalue weighted by molar-refractivity contribution is -0.145. The van der Waals surface area contributed by atoms with Crippen molar-refractivity contribution in [2.75, 3.05) is 13.1 Å². The van der Waals surface area contributed by atoms with Crippen LogP contribution in [-0.2, 0) is 9.59 Å². The van der Waals surface area contributed by atoms with Crippen molar-refractivity contribution < 1.29 is 14.7 Å². The summed E-state index contributed by atoms with van der Waals surface area (Å²) in [6, 6.07) is 2.31. The normalized spacial score (nSPS) is 21.2. The molecule has 0 atom stereocenters. The van der Waals surface area contributed by atoms with E-state index >= 15 is 0 Å². The van der Waals surface area contributed by atoms with E-state index in [1.807, 2.05) is 6.07 Å². The Morgan fingerprint density at radius 3 is 2.32 bits per heavy atom. The predicted octanol–water partition coefficient (Wildman–Crippen LogP) is 1.64. The molecule has 22 heavy (non-hydrogen) atoms. The second-order valence-electron chi connectivity index (χ2n) is 6.08. The zero-order chi connectivity index (χ0) is 15.9. The molecule has 2 fully saturated rings. The van der Waals surface area contributed by atoms with Crippen LogP contribution in [0.15, 0.2) is 11.8 Å². The molecule has 1 saturated carbocycles. The van der Waals surface area contributed by atoms with Gasteiger partial charge in [-0.15, -0.1) is 0 Å². The highest BCUT2D eigenvalue weighted by atomic mass is 16.4. The summed E-state index contributed by atoms with van der Waals surface area (Å²) in [5.41, 5.74) is 0.111. The lowest BCUT2D eigenvalue weighted by Crippen LogP contribution is -2.41. The van der Waals surface area contributed by atoms with Crippen LogP contribution in [-0.4, -0.2) is 41.0 Å². The molecule has 2 N–H and O–H groups in total. The summed E-state index contributed by atoms with van der Waals surface area (Å²) in [4.78, 5) is 24.8. The van der Waals surface area contributed by atoms with Gasteiger partial charge in [0.25, 0.3) is 5.91 Å². The Kier molecular flexibility index (Phi) is 5.82. The fourth-order valence-electron chi connectivity index (χ4n) is 3.11. The van der Waals surface area contributed by atoms with Crippen LogP contribution in [0.5, 0.6) is 0 Å². The smallest absolute Gasteiger partial charge is 0.306 e. The van der Waals surface area contributed by atoms with E-state index in [-0.39, 0.29) is 17.4 Å². The van der Waals surface area contributed by atoms with Crippen LogP contribution in [0.2, 0.25) is 0 Å². The van der Waals surface area contributed by atoms with E-state index in [0.717, 1.165) is 12.8 Å². The van der Waals surface area contributed by atoms with E-state index < -0.39 is 5.97 Å². The van der Waals surface area contributed by atoms with Crippen LogP contribution in [0, 0.1) is 17.2 Å². The van der Waals surface area contributed by atoms with Crippen molar-refractivity contribution >= 4 is 11.9 Å². The van der Waals surface area contributed by atoms with Gasteiger partial charge in [0.05, 0.1) is 5.92 Å². The predicted molar refractivity (Wildman–Crippen MR) is 80.6 cm³/mol. The maximum Gasteiger partial charge on any atom is 0.306 e. The number of piperidine rings is 1. The molecule has 1 amide bonds. The van der Waals surface area contributed by atoms with Gasteiger partial charge in [-0.2, -0.15) is 5.26 Å². The summed E-state index contributed by atoms with van der Waals surface area (Å²) in [7, 11) is 0. The highest BCUT2D eigenvalue weighted by Gasteiger charge is 2.28. The Morgan fingerprint density at radius 1 is 1.14 bits per heavy atom. The van der Waals surface area contributed by atoms with E-state index in [4.69, 9.17) is 5.11 Å². The molecule has 2 rings (SSSR count). The fourth-order valence-corrected chi connectivity index (χ4v) is 3.11. The summed E-state index contributed by atoms with van der Waals surface area (Å²) in [5, 5.41) is 21.4. The summed E-state index contributed by atoms with van der Waals surface area (Å²) in [5.74, 6) is -1.48. The van der Waals surface area contributed by atoms with Gasteiger partial charge in [0, 0.05) is 25.3 Å². The molecule has 120 valence electrons. The number of hydrogen-bond donors (Lipinski definition) is 2. The lowest BCUT2D eigenvalue weighted by Gasteiger charge is -2.30. The summed E-state index contributed by atoms with van der Waals surface area (Å²) in [6.07, 6.45) is 8.23. The Labute approximate surface area is 130 Å². The molecule has 0 unspecified atom stereocenters. The number of nitrogens with one attached hydrogen (secondary N) is 1. The quantitative estimate of drug-likeness (QED) is 0.608. The minimum absolute atomic E-state index is 0.111. The van der Waals surface area contributed by atoms with Gasteiger partial charge < -0.3 is 15.3 Å². The van der Waals surface area contributed by atoms with Crippen molar-refractivity contribution in [2.24, 2.45) is 5.92 Å². The van der Waals surface area contributed by atoms with Crippen LogP contribution in [0.25, 0.3) is 0 Å². The van der Waals surface area contributed by atoms with E-state index in [1.165, 1.54) is 19.3 Å². The summed E-state index contributed by atoms with van der Waals surface area (Å²) < 4.78 is 0. The van der Waals surface area contributed by atoms with Crippen LogP contribution < -0.4 is 5.32 Å². The number of likely N-dealkylation sites (tertiary alicyclic amines) is 1. The molecule has 2 aliphatic rings. The molecule has 1 aliphatic carbocycles. The van der Waals surface area contributed by atoms with E-state index in [2.05, 4.69) is 5.32 Å². The summed E-state index contributed by atoms with van der Waals surface area (Å²) >= 11 is 0. The zero-order valence-electron chi connectivity index (χ0n) is 12.8. The number of carboxylic acids is 1. The van der Waals surface area contributed by atoms with E-state index in [1.54, 1.807) is 11.1 Å². The SMILES string of the molecule is N#C/C(=C/NC1CCCCC1)C(=O)N1CCC(C(=O)O)CC1.